The van der Waals surface area contributed by atoms with E-state index in [9.17, 15) is 4.79 Å². The molecule has 0 atom stereocenters. The second-order valence-corrected chi connectivity index (χ2v) is 4.74. The number of rotatable bonds is 5. The van der Waals surface area contributed by atoms with Crippen molar-refractivity contribution in [2.75, 3.05) is 13.7 Å². The molecule has 0 saturated carbocycles. The van der Waals surface area contributed by atoms with Gasteiger partial charge in [-0.15, -0.1) is 0 Å². The van der Waals surface area contributed by atoms with Gasteiger partial charge in [0.2, 0.25) is 11.2 Å². The molecule has 0 bridgehead atoms. The second-order valence-electron chi connectivity index (χ2n) is 4.74. The van der Waals surface area contributed by atoms with Crippen molar-refractivity contribution in [3.63, 3.8) is 0 Å². The third-order valence-corrected chi connectivity index (χ3v) is 3.34. The van der Waals surface area contributed by atoms with E-state index in [1.807, 2.05) is 6.07 Å². The lowest BCUT2D eigenvalue weighted by Crippen LogP contribution is -2.10. The molecule has 0 radical (unpaired) electrons. The van der Waals surface area contributed by atoms with Crippen LogP contribution < -0.4 is 14.9 Å². The summed E-state index contributed by atoms with van der Waals surface area (Å²) in [5.74, 6) is 0.441. The van der Waals surface area contributed by atoms with Gasteiger partial charge in [-0.2, -0.15) is 0 Å². The number of fused-ring (bicyclic) bond motifs is 1. The zero-order valence-electron chi connectivity index (χ0n) is 14.5. The molecular weight excluding hydrogens is 292 g/mol. The highest BCUT2D eigenvalue weighted by Gasteiger charge is 2.17. The molecule has 0 unspecified atom stereocenters. The van der Waals surface area contributed by atoms with Gasteiger partial charge in [0, 0.05) is 5.56 Å². The summed E-state index contributed by atoms with van der Waals surface area (Å²) in [7, 11) is 1.49. The van der Waals surface area contributed by atoms with Crippen LogP contribution in [-0.4, -0.2) is 13.7 Å². The molecule has 2 aromatic carbocycles. The largest absolute Gasteiger partial charge is 0.497 e. The van der Waals surface area contributed by atoms with Gasteiger partial charge in [0.1, 0.15) is 17.9 Å². The van der Waals surface area contributed by atoms with Gasteiger partial charge in [-0.3, -0.25) is 4.79 Å². The Morgan fingerprint density at radius 1 is 1.26 bits per heavy atom. The highest BCUT2D eigenvalue weighted by molar-refractivity contribution is 5.83. The fraction of sp³-hybridized carbons (Fsp3) is 0.105. The average Bonchev–Trinajstić information content (AvgIpc) is 2.64. The van der Waals surface area contributed by atoms with Crippen molar-refractivity contribution in [1.82, 2.24) is 0 Å². The third-order valence-electron chi connectivity index (χ3n) is 3.34. The minimum atomic E-state index is -2.22. The van der Waals surface area contributed by atoms with Gasteiger partial charge in [0.25, 0.3) is 0 Å². The predicted molar refractivity (Wildman–Crippen MR) is 90.2 cm³/mol. The first-order valence-corrected chi connectivity index (χ1v) is 6.98. The number of ether oxygens (including phenoxy) is 2. The van der Waals surface area contributed by atoms with E-state index in [2.05, 4.69) is 6.58 Å². The van der Waals surface area contributed by atoms with E-state index < -0.39 is 12.0 Å². The lowest BCUT2D eigenvalue weighted by molar-refractivity contribution is 0.351. The van der Waals surface area contributed by atoms with Crippen LogP contribution in [0.3, 0.4) is 0 Å². The molecule has 3 aromatic rings. The molecule has 0 amide bonds. The first-order chi connectivity index (χ1) is 11.9. The molecule has 0 N–H and O–H groups in total. The van der Waals surface area contributed by atoms with Crippen molar-refractivity contribution in [2.45, 2.75) is 0 Å². The molecule has 4 nitrogen and oxygen atoms in total. The lowest BCUT2D eigenvalue weighted by Gasteiger charge is -2.11. The monoisotopic (exact) mass is 310 g/mol. The topological polar surface area (TPSA) is 48.7 Å². The Balaban J connectivity index is 2.32. The van der Waals surface area contributed by atoms with E-state index in [0.717, 1.165) is 6.08 Å². The van der Waals surface area contributed by atoms with Crippen LogP contribution in [0.1, 0.15) is 2.74 Å². The van der Waals surface area contributed by atoms with Crippen LogP contribution >= 0.6 is 0 Å². The van der Waals surface area contributed by atoms with Gasteiger partial charge >= 0.3 is 0 Å². The van der Waals surface area contributed by atoms with Crippen LogP contribution in [0.4, 0.5) is 0 Å². The molecule has 0 aliphatic carbocycles. The first kappa shape index (κ1) is 12.5. The summed E-state index contributed by atoms with van der Waals surface area (Å²) < 4.78 is 31.9. The van der Waals surface area contributed by atoms with Gasteiger partial charge in [-0.25, -0.2) is 0 Å². The van der Waals surface area contributed by atoms with E-state index in [1.54, 1.807) is 36.4 Å². The predicted octanol–water partition coefficient (Wildman–Crippen LogP) is 4.03. The molecule has 0 fully saturated rings. The Labute approximate surface area is 136 Å². The molecule has 0 aliphatic rings. The molecule has 0 saturated heterocycles. The van der Waals surface area contributed by atoms with E-state index in [1.165, 1.54) is 13.2 Å². The lowest BCUT2D eigenvalue weighted by atomic mass is 10.1. The third kappa shape index (κ3) is 2.83. The standard InChI is InChI=1S/C19H16O4/c1-3-11-22-19-17(20)15-12-14(21-2)9-10-16(15)23-18(19)13-7-5-4-6-8-13/h3-10,12H,1,11H2,2H3/i11D2. The summed E-state index contributed by atoms with van der Waals surface area (Å²) in [6.45, 7) is 1.18. The fourth-order valence-electron chi connectivity index (χ4n) is 2.26. The molecular formula is C19H16O4. The van der Waals surface area contributed by atoms with Crippen LogP contribution in [0, 0.1) is 0 Å². The number of hydrogen-bond donors (Lipinski definition) is 0. The van der Waals surface area contributed by atoms with Crippen LogP contribution in [-0.2, 0) is 0 Å². The molecule has 4 heteroatoms. The smallest absolute Gasteiger partial charge is 0.235 e. The van der Waals surface area contributed by atoms with Gasteiger partial charge in [0.15, 0.2) is 5.76 Å². The van der Waals surface area contributed by atoms with E-state index in [-0.39, 0.29) is 16.9 Å². The zero-order chi connectivity index (χ0) is 18.0. The second kappa shape index (κ2) is 6.40. The minimum absolute atomic E-state index is 0.161. The summed E-state index contributed by atoms with van der Waals surface area (Å²) in [4.78, 5) is 12.9. The summed E-state index contributed by atoms with van der Waals surface area (Å²) in [5.41, 5.74) is 0.480. The Bertz CT molecular complexity index is 978. The number of hydrogen-bond acceptors (Lipinski definition) is 4. The van der Waals surface area contributed by atoms with Crippen molar-refractivity contribution in [3.8, 4) is 22.8 Å². The summed E-state index contributed by atoms with van der Waals surface area (Å²) in [6, 6.07) is 13.8. The van der Waals surface area contributed by atoms with Crippen molar-refractivity contribution in [2.24, 2.45) is 0 Å². The van der Waals surface area contributed by atoms with E-state index in [4.69, 9.17) is 16.6 Å². The first-order valence-electron chi connectivity index (χ1n) is 7.98. The van der Waals surface area contributed by atoms with Gasteiger partial charge in [-0.1, -0.05) is 43.0 Å². The SMILES string of the molecule is [2H]C([2H])(C=C)Oc1c(-c2ccccc2)oc2ccc(OC)cc2c1=O. The number of benzene rings is 2. The van der Waals surface area contributed by atoms with Gasteiger partial charge in [0.05, 0.1) is 15.2 Å². The molecule has 0 aliphatic heterocycles. The van der Waals surface area contributed by atoms with Crippen LogP contribution in [0.5, 0.6) is 11.5 Å². The van der Waals surface area contributed by atoms with Crippen LogP contribution in [0.2, 0.25) is 0 Å². The van der Waals surface area contributed by atoms with E-state index in [0.29, 0.717) is 16.9 Å². The molecule has 23 heavy (non-hydrogen) atoms. The summed E-state index contributed by atoms with van der Waals surface area (Å²) >= 11 is 0. The van der Waals surface area contributed by atoms with Crippen LogP contribution in [0.15, 0.2) is 70.4 Å². The van der Waals surface area contributed by atoms with Gasteiger partial charge < -0.3 is 13.9 Å². The summed E-state index contributed by atoms with van der Waals surface area (Å²) in [5, 5.41) is 0.244. The van der Waals surface area contributed by atoms with Gasteiger partial charge in [-0.05, 0) is 18.2 Å². The molecule has 116 valence electrons. The van der Waals surface area contributed by atoms with Crippen molar-refractivity contribution < 1.29 is 16.6 Å². The fourth-order valence-corrected chi connectivity index (χ4v) is 2.26. The summed E-state index contributed by atoms with van der Waals surface area (Å²) in [6.07, 6.45) is 0.983. The maximum atomic E-state index is 12.9. The quantitative estimate of drug-likeness (QED) is 0.667. The normalized spacial score (nSPS) is 12.4. The Morgan fingerprint density at radius 2 is 2.04 bits per heavy atom. The van der Waals surface area contributed by atoms with Crippen LogP contribution in [0.25, 0.3) is 22.3 Å². The Hall–Kier alpha value is -3.01. The molecule has 1 aromatic heterocycles. The maximum Gasteiger partial charge on any atom is 0.235 e. The van der Waals surface area contributed by atoms with Crippen molar-refractivity contribution in [1.29, 1.82) is 0 Å². The van der Waals surface area contributed by atoms with E-state index >= 15 is 0 Å². The highest BCUT2D eigenvalue weighted by Crippen LogP contribution is 2.31. The number of methoxy groups -OCH3 is 1. The molecule has 1 heterocycles. The Morgan fingerprint density at radius 3 is 2.74 bits per heavy atom. The highest BCUT2D eigenvalue weighted by atomic mass is 16.5. The molecule has 3 rings (SSSR count). The molecule has 0 spiro atoms. The zero-order valence-corrected chi connectivity index (χ0v) is 12.5. The van der Waals surface area contributed by atoms with Crippen molar-refractivity contribution >= 4 is 11.0 Å². The minimum Gasteiger partial charge on any atom is -0.497 e. The van der Waals surface area contributed by atoms with Crippen molar-refractivity contribution in [3.05, 3.63) is 71.4 Å². The average molecular weight is 310 g/mol. The maximum absolute atomic E-state index is 12.9. The Kier molecular flexibility index (Phi) is 3.49.